The summed E-state index contributed by atoms with van der Waals surface area (Å²) in [5.74, 6) is 0.00937. The topological polar surface area (TPSA) is 72.8 Å². The van der Waals surface area contributed by atoms with E-state index >= 15 is 0 Å². The Bertz CT molecular complexity index is 987. The van der Waals surface area contributed by atoms with Gasteiger partial charge in [-0.1, -0.05) is 57.5 Å². The number of ether oxygens (including phenoxy) is 2. The maximum atomic E-state index is 13.2. The van der Waals surface area contributed by atoms with Crippen LogP contribution in [0.25, 0.3) is 0 Å². The van der Waals surface area contributed by atoms with Gasteiger partial charge in [-0.2, -0.15) is 0 Å². The van der Waals surface area contributed by atoms with Crippen LogP contribution >= 0.6 is 0 Å². The summed E-state index contributed by atoms with van der Waals surface area (Å²) in [7, 11) is 0. The van der Waals surface area contributed by atoms with E-state index in [0.29, 0.717) is 18.1 Å². The summed E-state index contributed by atoms with van der Waals surface area (Å²) in [4.78, 5) is 24.8. The van der Waals surface area contributed by atoms with Gasteiger partial charge in [0.05, 0.1) is 18.3 Å². The molecule has 5 nitrogen and oxygen atoms in total. The van der Waals surface area contributed by atoms with E-state index in [4.69, 9.17) is 9.47 Å². The maximum Gasteiger partial charge on any atom is 0.338 e. The molecule has 4 aliphatic rings. The first-order valence-corrected chi connectivity index (χ1v) is 12.9. The molecular formula is C29H38O5. The second-order valence-electron chi connectivity index (χ2n) is 11.9. The molecule has 4 aliphatic carbocycles. The molecule has 1 N–H and O–H groups in total. The zero-order chi connectivity index (χ0) is 24.3. The predicted octanol–water partition coefficient (Wildman–Crippen LogP) is 5.18. The molecule has 0 amide bonds. The van der Waals surface area contributed by atoms with Gasteiger partial charge in [-0.05, 0) is 55.1 Å². The number of allylic oxidation sites excluding steroid dienone is 1. The first kappa shape index (κ1) is 23.6. The van der Waals surface area contributed by atoms with Gasteiger partial charge in [0.15, 0.2) is 0 Å². The summed E-state index contributed by atoms with van der Waals surface area (Å²) in [6.45, 7) is 8.68. The summed E-state index contributed by atoms with van der Waals surface area (Å²) in [6.07, 6.45) is 8.60. The predicted molar refractivity (Wildman–Crippen MR) is 129 cm³/mol. The van der Waals surface area contributed by atoms with Gasteiger partial charge >= 0.3 is 11.9 Å². The number of hydrogen-bond acceptors (Lipinski definition) is 5. The quantitative estimate of drug-likeness (QED) is 0.489. The SMILES string of the molecule is CC(=O)OC[C@@]1(C)CCC[C@@]2(C)C3C=C[C@H]4[C@H](C)[C@H](OC(=O)c5ccccc5)C3(CCC12)[C@@H]4O. The van der Waals surface area contributed by atoms with Crippen LogP contribution in [-0.4, -0.2) is 35.9 Å². The molecule has 1 aromatic carbocycles. The minimum atomic E-state index is -0.523. The van der Waals surface area contributed by atoms with Crippen molar-refractivity contribution in [1.29, 1.82) is 0 Å². The molecule has 1 spiro atoms. The van der Waals surface area contributed by atoms with Gasteiger partial charge in [-0.25, -0.2) is 4.79 Å². The van der Waals surface area contributed by atoms with Crippen LogP contribution in [0.3, 0.4) is 0 Å². The zero-order valence-electron chi connectivity index (χ0n) is 20.8. The van der Waals surface area contributed by atoms with Gasteiger partial charge in [0.1, 0.15) is 6.10 Å². The van der Waals surface area contributed by atoms with E-state index < -0.39 is 11.5 Å². The highest BCUT2D eigenvalue weighted by Gasteiger charge is 2.71. The number of benzene rings is 1. The number of esters is 2. The van der Waals surface area contributed by atoms with E-state index in [1.54, 1.807) is 12.1 Å². The number of hydrogen-bond donors (Lipinski definition) is 1. The summed E-state index contributed by atoms with van der Waals surface area (Å²) >= 11 is 0. The molecule has 0 heterocycles. The molecule has 34 heavy (non-hydrogen) atoms. The van der Waals surface area contributed by atoms with Crippen molar-refractivity contribution in [2.45, 2.75) is 72.0 Å². The Morgan fingerprint density at radius 2 is 1.82 bits per heavy atom. The molecule has 0 aromatic heterocycles. The smallest absolute Gasteiger partial charge is 0.338 e. The highest BCUT2D eigenvalue weighted by atomic mass is 16.5. The fourth-order valence-corrected chi connectivity index (χ4v) is 8.72. The van der Waals surface area contributed by atoms with Gasteiger partial charge < -0.3 is 14.6 Å². The van der Waals surface area contributed by atoms with Crippen LogP contribution in [0.4, 0.5) is 0 Å². The molecule has 5 heteroatoms. The molecule has 3 fully saturated rings. The van der Waals surface area contributed by atoms with Crippen molar-refractivity contribution < 1.29 is 24.2 Å². The molecule has 5 rings (SSSR count). The largest absolute Gasteiger partial charge is 0.465 e. The minimum absolute atomic E-state index is 0.000920. The lowest BCUT2D eigenvalue weighted by Gasteiger charge is -2.64. The van der Waals surface area contributed by atoms with Crippen LogP contribution in [0.5, 0.6) is 0 Å². The average Bonchev–Trinajstić information content (AvgIpc) is 2.91. The van der Waals surface area contributed by atoms with E-state index in [0.717, 1.165) is 32.1 Å². The molecule has 2 bridgehead atoms. The molecule has 184 valence electrons. The van der Waals surface area contributed by atoms with Gasteiger partial charge in [-0.15, -0.1) is 0 Å². The zero-order valence-corrected chi connectivity index (χ0v) is 20.8. The monoisotopic (exact) mass is 466 g/mol. The van der Waals surface area contributed by atoms with Gasteiger partial charge in [-0.3, -0.25) is 4.79 Å². The van der Waals surface area contributed by atoms with Crippen LogP contribution < -0.4 is 0 Å². The number of aliphatic hydroxyl groups is 1. The maximum absolute atomic E-state index is 13.2. The molecule has 3 unspecified atom stereocenters. The first-order chi connectivity index (χ1) is 16.1. The lowest BCUT2D eigenvalue weighted by Crippen LogP contribution is -2.62. The van der Waals surface area contributed by atoms with Gasteiger partial charge in [0.25, 0.3) is 0 Å². The molecule has 3 saturated carbocycles. The van der Waals surface area contributed by atoms with Crippen LogP contribution in [0.2, 0.25) is 0 Å². The van der Waals surface area contributed by atoms with Crippen LogP contribution in [0.1, 0.15) is 70.2 Å². The Labute approximate surface area is 202 Å². The van der Waals surface area contributed by atoms with E-state index in [2.05, 4.69) is 32.9 Å². The van der Waals surface area contributed by atoms with Gasteiger partial charge in [0.2, 0.25) is 0 Å². The lowest BCUT2D eigenvalue weighted by molar-refractivity contribution is -0.193. The highest BCUT2D eigenvalue weighted by molar-refractivity contribution is 5.89. The van der Waals surface area contributed by atoms with E-state index in [1.165, 1.54) is 6.92 Å². The number of carbonyl (C=O) groups excluding carboxylic acids is 2. The third kappa shape index (κ3) is 3.30. The highest BCUT2D eigenvalue weighted by Crippen LogP contribution is 2.71. The second-order valence-corrected chi connectivity index (χ2v) is 11.9. The Hall–Kier alpha value is -2.14. The van der Waals surface area contributed by atoms with Crippen LogP contribution in [0.15, 0.2) is 42.5 Å². The third-order valence-corrected chi connectivity index (χ3v) is 10.2. The first-order valence-electron chi connectivity index (χ1n) is 12.9. The van der Waals surface area contributed by atoms with E-state index in [-0.39, 0.29) is 46.6 Å². The van der Waals surface area contributed by atoms with Crippen molar-refractivity contribution in [3.8, 4) is 0 Å². The Kier molecular flexibility index (Phi) is 5.70. The molecule has 0 saturated heterocycles. The van der Waals surface area contributed by atoms with Crippen molar-refractivity contribution in [3.63, 3.8) is 0 Å². The molecule has 9 atom stereocenters. The number of aliphatic hydroxyl groups excluding tert-OH is 1. The Morgan fingerprint density at radius 1 is 1.09 bits per heavy atom. The number of fused-ring (bicyclic) bond motifs is 3. The normalized spacial score (nSPS) is 44.6. The lowest BCUT2D eigenvalue weighted by atomic mass is 9.41. The van der Waals surface area contributed by atoms with Crippen molar-refractivity contribution in [3.05, 3.63) is 48.0 Å². The van der Waals surface area contributed by atoms with Crippen molar-refractivity contribution in [2.24, 2.45) is 39.9 Å². The Morgan fingerprint density at radius 3 is 2.53 bits per heavy atom. The summed E-state index contributed by atoms with van der Waals surface area (Å²) < 4.78 is 11.9. The molecule has 0 radical (unpaired) electrons. The summed E-state index contributed by atoms with van der Waals surface area (Å²) in [6, 6.07) is 9.17. The van der Waals surface area contributed by atoms with Crippen molar-refractivity contribution >= 4 is 11.9 Å². The fraction of sp³-hybridized carbons (Fsp3) is 0.655. The fourth-order valence-electron chi connectivity index (χ4n) is 8.72. The molecule has 0 aliphatic heterocycles. The number of rotatable bonds is 4. The van der Waals surface area contributed by atoms with E-state index in [1.807, 2.05) is 18.2 Å². The van der Waals surface area contributed by atoms with Crippen molar-refractivity contribution in [1.82, 2.24) is 0 Å². The average molecular weight is 467 g/mol. The minimum Gasteiger partial charge on any atom is -0.465 e. The third-order valence-electron chi connectivity index (χ3n) is 10.2. The summed E-state index contributed by atoms with van der Waals surface area (Å²) in [5.41, 5.74) is -0.0714. The van der Waals surface area contributed by atoms with Crippen molar-refractivity contribution in [2.75, 3.05) is 6.61 Å². The van der Waals surface area contributed by atoms with Crippen LogP contribution in [-0.2, 0) is 14.3 Å². The van der Waals surface area contributed by atoms with Crippen LogP contribution in [0, 0.1) is 39.9 Å². The van der Waals surface area contributed by atoms with E-state index in [9.17, 15) is 14.7 Å². The molecular weight excluding hydrogens is 428 g/mol. The second kappa shape index (κ2) is 8.22. The van der Waals surface area contributed by atoms with Gasteiger partial charge in [0, 0.05) is 29.6 Å². The molecule has 1 aromatic rings. The standard InChI is InChI=1S/C29H38O5/c1-18-21-11-12-23-28(4)15-8-14-27(3,17-33-19(2)30)22(28)13-16-29(23,24(21)31)25(18)34-26(32)20-9-6-5-7-10-20/h5-7,9-12,18,21-25,31H,8,13-17H2,1-4H3/t18-,21-,22?,23?,24+,25-,27+,28+,29?/m0/s1. The summed E-state index contributed by atoms with van der Waals surface area (Å²) in [5, 5.41) is 11.7. The number of carbonyl (C=O) groups is 2. The Balaban J connectivity index is 1.50.